The van der Waals surface area contributed by atoms with Crippen LogP contribution in [0.15, 0.2) is 24.3 Å². The smallest absolute Gasteiger partial charge is 0.288 e. The van der Waals surface area contributed by atoms with Crippen molar-refractivity contribution >= 4 is 11.7 Å². The third-order valence-corrected chi connectivity index (χ3v) is 3.34. The molecule has 0 spiro atoms. The van der Waals surface area contributed by atoms with E-state index in [-0.39, 0.29) is 17.6 Å². The summed E-state index contributed by atoms with van der Waals surface area (Å²) < 4.78 is 0. The summed E-state index contributed by atoms with van der Waals surface area (Å²) in [6.45, 7) is 3.55. The zero-order valence-corrected chi connectivity index (χ0v) is 9.86. The van der Waals surface area contributed by atoms with Gasteiger partial charge in [-0.3, -0.25) is 9.59 Å². The second-order valence-corrected chi connectivity index (χ2v) is 4.95. The molecule has 1 fully saturated rings. The van der Waals surface area contributed by atoms with E-state index >= 15 is 0 Å². The van der Waals surface area contributed by atoms with E-state index in [4.69, 9.17) is 0 Å². The van der Waals surface area contributed by atoms with Crippen LogP contribution in [0.5, 0.6) is 5.75 Å². The third-order valence-electron chi connectivity index (χ3n) is 3.34. The third kappa shape index (κ3) is 2.02. The average Bonchev–Trinajstić information content (AvgIpc) is 2.46. The highest BCUT2D eigenvalue weighted by Gasteiger charge is 2.47. The number of benzene rings is 1. The Balaban J connectivity index is 2.17. The zero-order valence-electron chi connectivity index (χ0n) is 9.86. The van der Waals surface area contributed by atoms with E-state index in [9.17, 15) is 14.7 Å². The molecule has 1 aromatic carbocycles. The van der Waals surface area contributed by atoms with Crippen LogP contribution in [0, 0.1) is 5.41 Å². The van der Waals surface area contributed by atoms with Gasteiger partial charge in [0.25, 0.3) is 5.91 Å². The van der Waals surface area contributed by atoms with E-state index in [1.165, 1.54) is 0 Å². The lowest BCUT2D eigenvalue weighted by molar-refractivity contribution is -0.138. The van der Waals surface area contributed by atoms with Crippen LogP contribution >= 0.6 is 0 Å². The number of carbonyl (C=O) groups excluding carboxylic acids is 2. The van der Waals surface area contributed by atoms with Crippen LogP contribution in [0.2, 0.25) is 0 Å². The Morgan fingerprint density at radius 1 is 1.24 bits per heavy atom. The van der Waals surface area contributed by atoms with Gasteiger partial charge in [0, 0.05) is 6.04 Å². The summed E-state index contributed by atoms with van der Waals surface area (Å²) in [6.07, 6.45) is 0.588. The Labute approximate surface area is 99.6 Å². The van der Waals surface area contributed by atoms with Gasteiger partial charge in [-0.05, 0) is 24.1 Å². The largest absolute Gasteiger partial charge is 0.508 e. The van der Waals surface area contributed by atoms with E-state index in [1.807, 2.05) is 0 Å². The van der Waals surface area contributed by atoms with E-state index < -0.39 is 11.3 Å². The Morgan fingerprint density at radius 3 is 2.29 bits per heavy atom. The van der Waals surface area contributed by atoms with Crippen molar-refractivity contribution in [3.05, 3.63) is 29.8 Å². The summed E-state index contributed by atoms with van der Waals surface area (Å²) in [5.41, 5.74) is 0.311. The first-order valence-electron chi connectivity index (χ1n) is 5.54. The summed E-state index contributed by atoms with van der Waals surface area (Å²) in [7, 11) is 0. The number of Topliss-reactive ketones (excluding diaryl/α,β-unsaturated/α-hetero) is 1. The number of carbonyl (C=O) groups is 2. The minimum absolute atomic E-state index is 0.188. The summed E-state index contributed by atoms with van der Waals surface area (Å²) in [5.74, 6) is -0.653. The Hall–Kier alpha value is -1.84. The molecule has 1 aliphatic rings. The summed E-state index contributed by atoms with van der Waals surface area (Å²) in [6, 6.07) is 6.59. The van der Waals surface area contributed by atoms with Gasteiger partial charge in [-0.1, -0.05) is 26.0 Å². The standard InChI is InChI=1S/C13H15NO3/c1-13(2)10(14-12(17)11(13)16)7-8-3-5-9(15)6-4-8/h3-6,10,15H,7H2,1-2H3,(H,14,17). The maximum Gasteiger partial charge on any atom is 0.288 e. The molecule has 0 radical (unpaired) electrons. The van der Waals surface area contributed by atoms with Gasteiger partial charge in [-0.25, -0.2) is 0 Å². The number of nitrogens with one attached hydrogen (secondary N) is 1. The molecule has 1 atom stereocenters. The van der Waals surface area contributed by atoms with Crippen molar-refractivity contribution in [3.8, 4) is 5.75 Å². The van der Waals surface area contributed by atoms with E-state index in [0.717, 1.165) is 5.56 Å². The lowest BCUT2D eigenvalue weighted by Gasteiger charge is -2.23. The highest BCUT2D eigenvalue weighted by Crippen LogP contribution is 2.30. The molecule has 0 saturated carbocycles. The molecule has 1 heterocycles. The summed E-state index contributed by atoms with van der Waals surface area (Å²) in [4.78, 5) is 23.0. The molecular formula is C13H15NO3. The molecule has 1 aromatic rings. The Bertz CT molecular complexity index is 462. The van der Waals surface area contributed by atoms with Gasteiger partial charge in [0.2, 0.25) is 5.78 Å². The van der Waals surface area contributed by atoms with Crippen LogP contribution in [-0.2, 0) is 16.0 Å². The minimum Gasteiger partial charge on any atom is -0.508 e. The number of aromatic hydroxyl groups is 1. The van der Waals surface area contributed by atoms with Crippen molar-refractivity contribution in [2.45, 2.75) is 26.3 Å². The molecule has 90 valence electrons. The Kier molecular flexibility index (Phi) is 2.65. The van der Waals surface area contributed by atoms with Gasteiger partial charge in [0.1, 0.15) is 5.75 Å². The maximum atomic E-state index is 11.6. The van der Waals surface area contributed by atoms with Gasteiger partial charge in [0.15, 0.2) is 0 Å². The molecule has 1 aliphatic heterocycles. The lowest BCUT2D eigenvalue weighted by atomic mass is 9.81. The van der Waals surface area contributed by atoms with Crippen LogP contribution in [-0.4, -0.2) is 22.8 Å². The fourth-order valence-electron chi connectivity index (χ4n) is 2.03. The summed E-state index contributed by atoms with van der Waals surface area (Å²) >= 11 is 0. The summed E-state index contributed by atoms with van der Waals surface area (Å²) in [5, 5.41) is 11.9. The van der Waals surface area contributed by atoms with Crippen molar-refractivity contribution in [2.24, 2.45) is 5.41 Å². The number of phenols is 1. The van der Waals surface area contributed by atoms with Crippen LogP contribution in [0.1, 0.15) is 19.4 Å². The van der Waals surface area contributed by atoms with E-state index in [1.54, 1.807) is 38.1 Å². The van der Waals surface area contributed by atoms with Gasteiger partial charge in [0.05, 0.1) is 5.41 Å². The van der Waals surface area contributed by atoms with Crippen molar-refractivity contribution in [2.75, 3.05) is 0 Å². The normalized spacial score (nSPS) is 22.6. The fourth-order valence-corrected chi connectivity index (χ4v) is 2.03. The number of phenolic OH excluding ortho intramolecular Hbond substituents is 1. The fraction of sp³-hybridized carbons (Fsp3) is 0.385. The second kappa shape index (κ2) is 3.87. The van der Waals surface area contributed by atoms with Crippen LogP contribution in [0.3, 0.4) is 0 Å². The average molecular weight is 233 g/mol. The maximum absolute atomic E-state index is 11.6. The van der Waals surface area contributed by atoms with Gasteiger partial charge in [-0.2, -0.15) is 0 Å². The molecular weight excluding hydrogens is 218 g/mol. The highest BCUT2D eigenvalue weighted by atomic mass is 16.3. The first-order chi connectivity index (χ1) is 7.91. The monoisotopic (exact) mass is 233 g/mol. The molecule has 0 aromatic heterocycles. The topological polar surface area (TPSA) is 66.4 Å². The first-order valence-corrected chi connectivity index (χ1v) is 5.54. The van der Waals surface area contributed by atoms with Crippen LogP contribution in [0.4, 0.5) is 0 Å². The molecule has 1 saturated heterocycles. The number of ketones is 1. The minimum atomic E-state index is -0.672. The van der Waals surface area contributed by atoms with Crippen molar-refractivity contribution in [3.63, 3.8) is 0 Å². The SMILES string of the molecule is CC1(C)C(=O)C(=O)NC1Cc1ccc(O)cc1. The number of amides is 1. The van der Waals surface area contributed by atoms with Crippen LogP contribution < -0.4 is 5.32 Å². The molecule has 0 aliphatic carbocycles. The number of hydrogen-bond acceptors (Lipinski definition) is 3. The van der Waals surface area contributed by atoms with Gasteiger partial charge < -0.3 is 10.4 Å². The molecule has 1 amide bonds. The predicted octanol–water partition coefficient (Wildman–Crippen LogP) is 1.03. The molecule has 17 heavy (non-hydrogen) atoms. The van der Waals surface area contributed by atoms with Crippen LogP contribution in [0.25, 0.3) is 0 Å². The molecule has 0 bridgehead atoms. The second-order valence-electron chi connectivity index (χ2n) is 4.95. The zero-order chi connectivity index (χ0) is 12.6. The van der Waals surface area contributed by atoms with Crippen molar-refractivity contribution < 1.29 is 14.7 Å². The molecule has 4 nitrogen and oxygen atoms in total. The van der Waals surface area contributed by atoms with E-state index in [2.05, 4.69) is 5.32 Å². The molecule has 2 N–H and O–H groups in total. The quantitative estimate of drug-likeness (QED) is 0.750. The van der Waals surface area contributed by atoms with Crippen molar-refractivity contribution in [1.82, 2.24) is 5.32 Å². The first kappa shape index (κ1) is 11.6. The highest BCUT2D eigenvalue weighted by molar-refractivity contribution is 6.40. The van der Waals surface area contributed by atoms with E-state index in [0.29, 0.717) is 6.42 Å². The number of hydrogen-bond donors (Lipinski definition) is 2. The Morgan fingerprint density at radius 2 is 1.82 bits per heavy atom. The van der Waals surface area contributed by atoms with Crippen molar-refractivity contribution in [1.29, 1.82) is 0 Å². The van der Waals surface area contributed by atoms with Gasteiger partial charge in [-0.15, -0.1) is 0 Å². The lowest BCUT2D eigenvalue weighted by Crippen LogP contribution is -2.36. The number of rotatable bonds is 2. The van der Waals surface area contributed by atoms with Gasteiger partial charge >= 0.3 is 0 Å². The molecule has 4 heteroatoms. The molecule has 2 rings (SSSR count). The predicted molar refractivity (Wildman–Crippen MR) is 62.5 cm³/mol. The molecule has 1 unspecified atom stereocenters.